The standard InChI is InChI=1S/C27H27NO7/c1-2-3-4-5-6-19-33-23-13-9-21(10-14-23)27(30)35-25-17-15-24(16-18-25)34-26(29)20-7-11-22(12-8-20)28(31)32/h7-18H,2-6,19H2,1H3. The van der Waals surface area contributed by atoms with Crippen LogP contribution < -0.4 is 14.2 Å². The molecular formula is C27H27NO7. The molecule has 0 spiro atoms. The Hall–Kier alpha value is -4.20. The number of carbonyl (C=O) groups excluding carboxylic acids is 2. The van der Waals surface area contributed by atoms with Gasteiger partial charge in [-0.1, -0.05) is 32.6 Å². The summed E-state index contributed by atoms with van der Waals surface area (Å²) < 4.78 is 16.3. The minimum absolute atomic E-state index is 0.118. The van der Waals surface area contributed by atoms with Crippen molar-refractivity contribution in [3.05, 3.63) is 94.0 Å². The highest BCUT2D eigenvalue weighted by atomic mass is 16.6. The predicted molar refractivity (Wildman–Crippen MR) is 130 cm³/mol. The molecule has 3 rings (SSSR count). The lowest BCUT2D eigenvalue weighted by Crippen LogP contribution is -2.09. The summed E-state index contributed by atoms with van der Waals surface area (Å²) in [5.41, 5.74) is 0.441. The van der Waals surface area contributed by atoms with Gasteiger partial charge in [-0.25, -0.2) is 9.59 Å². The average molecular weight is 478 g/mol. The normalized spacial score (nSPS) is 10.4. The summed E-state index contributed by atoms with van der Waals surface area (Å²) in [7, 11) is 0. The van der Waals surface area contributed by atoms with Gasteiger partial charge in [-0.15, -0.1) is 0 Å². The molecule has 0 unspecified atom stereocenters. The van der Waals surface area contributed by atoms with Gasteiger partial charge in [-0.3, -0.25) is 10.1 Å². The Labute approximate surface area is 203 Å². The zero-order valence-electron chi connectivity index (χ0n) is 19.5. The monoisotopic (exact) mass is 477 g/mol. The van der Waals surface area contributed by atoms with Crippen LogP contribution in [0.15, 0.2) is 72.8 Å². The molecule has 0 fully saturated rings. The molecule has 182 valence electrons. The zero-order valence-corrected chi connectivity index (χ0v) is 19.5. The number of nitrogens with zero attached hydrogens (tertiary/aromatic N) is 1. The number of nitro groups is 1. The van der Waals surface area contributed by atoms with Crippen LogP contribution in [0, 0.1) is 10.1 Å². The molecule has 0 saturated heterocycles. The fourth-order valence-electron chi connectivity index (χ4n) is 3.21. The minimum atomic E-state index is -0.659. The Morgan fingerprint density at radius 1 is 0.686 bits per heavy atom. The van der Waals surface area contributed by atoms with Crippen LogP contribution in [-0.4, -0.2) is 23.5 Å². The van der Waals surface area contributed by atoms with E-state index in [2.05, 4.69) is 6.92 Å². The number of ether oxygens (including phenoxy) is 3. The molecule has 0 aliphatic carbocycles. The van der Waals surface area contributed by atoms with Gasteiger partial charge in [-0.2, -0.15) is 0 Å². The SMILES string of the molecule is CCCCCCCOc1ccc(C(=O)Oc2ccc(OC(=O)c3ccc([N+](=O)[O-])cc3)cc2)cc1. The van der Waals surface area contributed by atoms with Crippen molar-refractivity contribution in [1.82, 2.24) is 0 Å². The van der Waals surface area contributed by atoms with E-state index in [9.17, 15) is 19.7 Å². The maximum Gasteiger partial charge on any atom is 0.343 e. The number of carbonyl (C=O) groups is 2. The lowest BCUT2D eigenvalue weighted by Gasteiger charge is -2.08. The van der Waals surface area contributed by atoms with Crippen LogP contribution in [0.25, 0.3) is 0 Å². The van der Waals surface area contributed by atoms with Crippen molar-refractivity contribution in [2.24, 2.45) is 0 Å². The van der Waals surface area contributed by atoms with Crippen LogP contribution in [0.5, 0.6) is 17.2 Å². The molecular weight excluding hydrogens is 450 g/mol. The molecule has 8 heteroatoms. The summed E-state index contributed by atoms with van der Waals surface area (Å²) in [5.74, 6) is 0.0535. The Balaban J connectivity index is 1.47. The summed E-state index contributed by atoms with van der Waals surface area (Å²) in [6.45, 7) is 2.83. The third kappa shape index (κ3) is 7.96. The van der Waals surface area contributed by atoms with E-state index in [-0.39, 0.29) is 22.7 Å². The predicted octanol–water partition coefficient (Wildman–Crippen LogP) is 6.38. The third-order valence-corrected chi connectivity index (χ3v) is 5.17. The second-order valence-corrected chi connectivity index (χ2v) is 7.84. The number of nitro benzene ring substituents is 1. The van der Waals surface area contributed by atoms with Crippen LogP contribution in [0.1, 0.15) is 59.7 Å². The molecule has 8 nitrogen and oxygen atoms in total. The summed E-state index contributed by atoms with van der Waals surface area (Å²) >= 11 is 0. The van der Waals surface area contributed by atoms with Crippen LogP contribution in [0.2, 0.25) is 0 Å². The number of non-ortho nitro benzene ring substituents is 1. The van der Waals surface area contributed by atoms with Crippen molar-refractivity contribution in [2.45, 2.75) is 39.0 Å². The smallest absolute Gasteiger partial charge is 0.343 e. The molecule has 3 aromatic rings. The molecule has 0 atom stereocenters. The molecule has 3 aromatic carbocycles. The lowest BCUT2D eigenvalue weighted by molar-refractivity contribution is -0.384. The topological polar surface area (TPSA) is 105 Å². The Kier molecular flexibility index (Phi) is 9.36. The van der Waals surface area contributed by atoms with Gasteiger partial charge in [-0.05, 0) is 67.1 Å². The lowest BCUT2D eigenvalue weighted by atomic mass is 10.2. The van der Waals surface area contributed by atoms with E-state index >= 15 is 0 Å². The van der Waals surface area contributed by atoms with E-state index in [1.807, 2.05) is 0 Å². The first-order valence-electron chi connectivity index (χ1n) is 11.5. The first-order valence-corrected chi connectivity index (χ1v) is 11.5. The molecule has 0 radical (unpaired) electrons. The van der Waals surface area contributed by atoms with Gasteiger partial charge in [0.2, 0.25) is 0 Å². The Morgan fingerprint density at radius 3 is 1.63 bits per heavy atom. The number of hydrogen-bond donors (Lipinski definition) is 0. The zero-order chi connectivity index (χ0) is 25.0. The Morgan fingerprint density at radius 2 is 1.14 bits per heavy atom. The molecule has 0 heterocycles. The number of hydrogen-bond acceptors (Lipinski definition) is 7. The van der Waals surface area contributed by atoms with Crippen molar-refractivity contribution < 1.29 is 28.7 Å². The highest BCUT2D eigenvalue weighted by Crippen LogP contribution is 2.21. The van der Waals surface area contributed by atoms with Crippen molar-refractivity contribution in [3.63, 3.8) is 0 Å². The molecule has 35 heavy (non-hydrogen) atoms. The van der Waals surface area contributed by atoms with Crippen LogP contribution in [0.4, 0.5) is 5.69 Å². The fraction of sp³-hybridized carbons (Fsp3) is 0.259. The molecule has 0 aliphatic rings. The summed E-state index contributed by atoms with van der Waals surface area (Å²) in [5, 5.41) is 10.7. The highest BCUT2D eigenvalue weighted by Gasteiger charge is 2.13. The third-order valence-electron chi connectivity index (χ3n) is 5.17. The number of rotatable bonds is 12. The molecule has 0 amide bonds. The number of unbranched alkanes of at least 4 members (excludes halogenated alkanes) is 4. The minimum Gasteiger partial charge on any atom is -0.494 e. The van der Waals surface area contributed by atoms with Crippen molar-refractivity contribution in [3.8, 4) is 17.2 Å². The number of benzene rings is 3. The van der Waals surface area contributed by atoms with Gasteiger partial charge in [0.25, 0.3) is 5.69 Å². The molecule has 0 bridgehead atoms. The van der Waals surface area contributed by atoms with Crippen LogP contribution in [0.3, 0.4) is 0 Å². The summed E-state index contributed by atoms with van der Waals surface area (Å²) in [6.07, 6.45) is 5.82. The first-order chi connectivity index (χ1) is 17.0. The summed E-state index contributed by atoms with van der Waals surface area (Å²) in [6, 6.07) is 17.9. The molecule has 0 N–H and O–H groups in total. The van der Waals surface area contributed by atoms with Gasteiger partial charge in [0, 0.05) is 12.1 Å². The highest BCUT2D eigenvalue weighted by molar-refractivity contribution is 5.92. The van der Waals surface area contributed by atoms with E-state index in [1.54, 1.807) is 24.3 Å². The van der Waals surface area contributed by atoms with Crippen LogP contribution >= 0.6 is 0 Å². The Bertz CT molecular complexity index is 1120. The largest absolute Gasteiger partial charge is 0.494 e. The second kappa shape index (κ2) is 12.9. The maximum absolute atomic E-state index is 12.4. The van der Waals surface area contributed by atoms with Gasteiger partial charge < -0.3 is 14.2 Å². The number of esters is 2. The summed E-state index contributed by atoms with van der Waals surface area (Å²) in [4.78, 5) is 34.8. The van der Waals surface area contributed by atoms with E-state index in [1.165, 1.54) is 67.8 Å². The maximum atomic E-state index is 12.4. The molecule has 0 saturated carbocycles. The quantitative estimate of drug-likeness (QED) is 0.0979. The van der Waals surface area contributed by atoms with E-state index in [0.29, 0.717) is 17.9 Å². The van der Waals surface area contributed by atoms with Gasteiger partial charge in [0.15, 0.2) is 0 Å². The van der Waals surface area contributed by atoms with E-state index in [4.69, 9.17) is 14.2 Å². The second-order valence-electron chi connectivity index (χ2n) is 7.84. The van der Waals surface area contributed by atoms with E-state index in [0.717, 1.165) is 12.8 Å². The van der Waals surface area contributed by atoms with Gasteiger partial charge in [0.1, 0.15) is 17.2 Å². The first kappa shape index (κ1) is 25.4. The average Bonchev–Trinajstić information content (AvgIpc) is 2.87. The van der Waals surface area contributed by atoms with Crippen molar-refractivity contribution >= 4 is 17.6 Å². The molecule has 0 aromatic heterocycles. The fourth-order valence-corrected chi connectivity index (χ4v) is 3.21. The van der Waals surface area contributed by atoms with Gasteiger partial charge in [0.05, 0.1) is 22.7 Å². The van der Waals surface area contributed by atoms with Gasteiger partial charge >= 0.3 is 11.9 Å². The van der Waals surface area contributed by atoms with Crippen molar-refractivity contribution in [1.29, 1.82) is 0 Å². The van der Waals surface area contributed by atoms with Crippen molar-refractivity contribution in [2.75, 3.05) is 6.61 Å². The van der Waals surface area contributed by atoms with E-state index < -0.39 is 16.9 Å². The van der Waals surface area contributed by atoms with Crippen LogP contribution in [-0.2, 0) is 0 Å². The molecule has 0 aliphatic heterocycles.